The van der Waals surface area contributed by atoms with Gasteiger partial charge in [-0.2, -0.15) is 0 Å². The molecule has 0 saturated carbocycles. The van der Waals surface area contributed by atoms with Gasteiger partial charge in [0.15, 0.2) is 0 Å². The fourth-order valence-electron chi connectivity index (χ4n) is 2.57. The second kappa shape index (κ2) is 4.08. The minimum atomic E-state index is -0.138. The van der Waals surface area contributed by atoms with Gasteiger partial charge in [-0.15, -0.1) is 11.3 Å². The second-order valence-corrected chi connectivity index (χ2v) is 5.87. The Labute approximate surface area is 119 Å². The van der Waals surface area contributed by atoms with E-state index in [2.05, 4.69) is 15.6 Å². The molecule has 5 nitrogen and oxygen atoms in total. The summed E-state index contributed by atoms with van der Waals surface area (Å²) in [7, 11) is 0. The number of nitrogens with one attached hydrogen (secondary N) is 2. The number of hydrogen-bond acceptors (Lipinski definition) is 4. The van der Waals surface area contributed by atoms with Crippen LogP contribution in [0.25, 0.3) is 10.2 Å². The largest absolute Gasteiger partial charge is 0.368 e. The molecule has 4 rings (SSSR count). The van der Waals surface area contributed by atoms with Crippen LogP contribution in [0.2, 0.25) is 0 Å². The van der Waals surface area contributed by atoms with Crippen LogP contribution in [0.3, 0.4) is 0 Å². The molecule has 2 aliphatic rings. The number of amides is 2. The quantitative estimate of drug-likeness (QED) is 0.846. The first-order chi connectivity index (χ1) is 9.75. The van der Waals surface area contributed by atoms with Gasteiger partial charge in [0.25, 0.3) is 0 Å². The summed E-state index contributed by atoms with van der Waals surface area (Å²) in [6.45, 7) is 2.72. The molecule has 0 unspecified atom stereocenters. The third-order valence-electron chi connectivity index (χ3n) is 3.45. The smallest absolute Gasteiger partial charge is 0.332 e. The highest BCUT2D eigenvalue weighted by atomic mass is 32.1. The Morgan fingerprint density at radius 1 is 1.45 bits per heavy atom. The van der Waals surface area contributed by atoms with Gasteiger partial charge < -0.3 is 10.6 Å². The number of aromatic nitrogens is 1. The lowest BCUT2D eigenvalue weighted by atomic mass is 10.1. The third-order valence-corrected chi connectivity index (χ3v) is 4.47. The maximum absolute atomic E-state index is 12.4. The van der Waals surface area contributed by atoms with Crippen molar-refractivity contribution in [2.45, 2.75) is 6.92 Å². The van der Waals surface area contributed by atoms with Gasteiger partial charge in [-0.1, -0.05) is 12.2 Å². The Hall–Kier alpha value is -2.34. The first kappa shape index (κ1) is 11.5. The van der Waals surface area contributed by atoms with E-state index in [1.54, 1.807) is 22.4 Å². The number of dihydropyridines is 1. The molecule has 2 aliphatic heterocycles. The van der Waals surface area contributed by atoms with E-state index in [0.29, 0.717) is 0 Å². The zero-order chi connectivity index (χ0) is 13.7. The topological polar surface area (TPSA) is 57.3 Å². The summed E-state index contributed by atoms with van der Waals surface area (Å²) in [5, 5.41) is 7.21. The van der Waals surface area contributed by atoms with E-state index >= 15 is 0 Å². The number of aryl methyl sites for hydroxylation is 1. The number of nitrogens with zero attached hydrogens (tertiary/aromatic N) is 2. The fraction of sp³-hybridized carbons (Fsp3) is 0.143. The summed E-state index contributed by atoms with van der Waals surface area (Å²) < 4.78 is 0. The molecular formula is C14H12N4OS. The molecule has 2 amide bonds. The monoisotopic (exact) mass is 284 g/mol. The average Bonchev–Trinajstić information content (AvgIpc) is 2.78. The van der Waals surface area contributed by atoms with E-state index in [-0.39, 0.29) is 6.03 Å². The molecule has 0 spiro atoms. The SMILES string of the molecule is Cc1sc2nccc3c2c1NC(=O)N3C1=CC=CCN1. The lowest BCUT2D eigenvalue weighted by Gasteiger charge is -2.31. The van der Waals surface area contributed by atoms with Crippen LogP contribution < -0.4 is 15.5 Å². The third kappa shape index (κ3) is 1.48. The molecule has 2 aromatic rings. The molecule has 0 aliphatic carbocycles. The zero-order valence-corrected chi connectivity index (χ0v) is 11.6. The summed E-state index contributed by atoms with van der Waals surface area (Å²) in [5.41, 5.74) is 1.77. The Balaban J connectivity index is 1.98. The lowest BCUT2D eigenvalue weighted by molar-refractivity contribution is 0.257. The highest BCUT2D eigenvalue weighted by molar-refractivity contribution is 7.19. The number of anilines is 2. The van der Waals surface area contributed by atoms with Gasteiger partial charge in [0, 0.05) is 17.6 Å². The Kier molecular flexibility index (Phi) is 2.34. The number of allylic oxidation sites excluding steroid dienone is 2. The van der Waals surface area contributed by atoms with Crippen molar-refractivity contribution in [3.63, 3.8) is 0 Å². The molecule has 20 heavy (non-hydrogen) atoms. The number of urea groups is 1. The highest BCUT2D eigenvalue weighted by Crippen LogP contribution is 2.43. The van der Waals surface area contributed by atoms with Crippen LogP contribution in [0.4, 0.5) is 16.2 Å². The van der Waals surface area contributed by atoms with Gasteiger partial charge in [0.2, 0.25) is 0 Å². The summed E-state index contributed by atoms with van der Waals surface area (Å²) in [6, 6.07) is 1.75. The molecule has 0 aromatic carbocycles. The van der Waals surface area contributed by atoms with E-state index in [1.807, 2.05) is 31.2 Å². The normalized spacial score (nSPS) is 16.9. The van der Waals surface area contributed by atoms with Gasteiger partial charge in [0.1, 0.15) is 10.7 Å². The molecule has 0 saturated heterocycles. The first-order valence-electron chi connectivity index (χ1n) is 6.35. The van der Waals surface area contributed by atoms with Crippen LogP contribution in [0.1, 0.15) is 4.88 Å². The van der Waals surface area contributed by atoms with Crippen molar-refractivity contribution in [3.05, 3.63) is 41.2 Å². The van der Waals surface area contributed by atoms with E-state index < -0.39 is 0 Å². The summed E-state index contributed by atoms with van der Waals surface area (Å²) in [6.07, 6.45) is 7.61. The minimum Gasteiger partial charge on any atom is -0.368 e. The Morgan fingerprint density at radius 2 is 2.35 bits per heavy atom. The molecule has 0 bridgehead atoms. The van der Waals surface area contributed by atoms with Gasteiger partial charge in [-0.3, -0.25) is 0 Å². The molecule has 2 aromatic heterocycles. The first-order valence-corrected chi connectivity index (χ1v) is 7.17. The number of rotatable bonds is 1. The Bertz CT molecular complexity index is 790. The van der Waals surface area contributed by atoms with Crippen molar-refractivity contribution in [1.82, 2.24) is 10.3 Å². The number of thiophene rings is 1. The Morgan fingerprint density at radius 3 is 3.15 bits per heavy atom. The van der Waals surface area contributed by atoms with E-state index in [0.717, 1.165) is 38.8 Å². The molecule has 0 fully saturated rings. The molecule has 4 heterocycles. The number of carbonyl (C=O) groups is 1. The molecule has 2 N–H and O–H groups in total. The predicted molar refractivity (Wildman–Crippen MR) is 81.1 cm³/mol. The minimum absolute atomic E-state index is 0.138. The fourth-order valence-corrected chi connectivity index (χ4v) is 3.54. The number of carbonyl (C=O) groups excluding carboxylic acids is 1. The van der Waals surface area contributed by atoms with Crippen LogP contribution in [-0.4, -0.2) is 17.6 Å². The van der Waals surface area contributed by atoms with Gasteiger partial charge in [-0.25, -0.2) is 14.7 Å². The summed E-state index contributed by atoms with van der Waals surface area (Å²) in [4.78, 5) is 20.5. The molecule has 6 heteroatoms. The standard InChI is InChI=1S/C14H12N4OS/c1-8-12-11-9(5-7-16-13(11)20-8)18(14(19)17-12)10-4-2-3-6-15-10/h2-5,7,15H,6H2,1H3,(H,17,19). The predicted octanol–water partition coefficient (Wildman–Crippen LogP) is 2.96. The van der Waals surface area contributed by atoms with Gasteiger partial charge in [0.05, 0.1) is 16.8 Å². The zero-order valence-electron chi connectivity index (χ0n) is 10.8. The molecule has 100 valence electrons. The average molecular weight is 284 g/mol. The van der Waals surface area contributed by atoms with Crippen molar-refractivity contribution in [2.75, 3.05) is 16.8 Å². The van der Waals surface area contributed by atoms with E-state index in [4.69, 9.17) is 0 Å². The van der Waals surface area contributed by atoms with Crippen molar-refractivity contribution in [3.8, 4) is 0 Å². The van der Waals surface area contributed by atoms with Crippen LogP contribution >= 0.6 is 11.3 Å². The second-order valence-electron chi connectivity index (χ2n) is 4.67. The number of hydrogen-bond donors (Lipinski definition) is 2. The van der Waals surface area contributed by atoms with Crippen LogP contribution in [-0.2, 0) is 0 Å². The molecule has 0 radical (unpaired) electrons. The van der Waals surface area contributed by atoms with Crippen molar-refractivity contribution >= 4 is 39.0 Å². The number of pyridine rings is 1. The maximum atomic E-state index is 12.4. The van der Waals surface area contributed by atoms with Crippen molar-refractivity contribution in [2.24, 2.45) is 0 Å². The van der Waals surface area contributed by atoms with Crippen LogP contribution in [0.15, 0.2) is 36.3 Å². The van der Waals surface area contributed by atoms with E-state index in [9.17, 15) is 4.79 Å². The van der Waals surface area contributed by atoms with E-state index in [1.165, 1.54) is 0 Å². The summed E-state index contributed by atoms with van der Waals surface area (Å²) >= 11 is 1.60. The van der Waals surface area contributed by atoms with Crippen molar-refractivity contribution in [1.29, 1.82) is 0 Å². The van der Waals surface area contributed by atoms with Crippen molar-refractivity contribution < 1.29 is 4.79 Å². The summed E-state index contributed by atoms with van der Waals surface area (Å²) in [5.74, 6) is 0.784. The van der Waals surface area contributed by atoms with Crippen LogP contribution in [0.5, 0.6) is 0 Å². The lowest BCUT2D eigenvalue weighted by Crippen LogP contribution is -2.42. The highest BCUT2D eigenvalue weighted by Gasteiger charge is 2.30. The van der Waals surface area contributed by atoms with Crippen LogP contribution in [0, 0.1) is 6.92 Å². The molecular weight excluding hydrogens is 272 g/mol. The maximum Gasteiger partial charge on any atom is 0.332 e. The van der Waals surface area contributed by atoms with Gasteiger partial charge in [-0.05, 0) is 19.1 Å². The molecule has 0 atom stereocenters. The van der Waals surface area contributed by atoms with Gasteiger partial charge >= 0.3 is 6.03 Å².